The van der Waals surface area contributed by atoms with Crippen LogP contribution in [0.25, 0.3) is 17.2 Å². The van der Waals surface area contributed by atoms with Crippen LogP contribution in [0.3, 0.4) is 0 Å². The SMILES string of the molecule is O=C(/C=C/c1ccc(-c2ccc(N3CCCCC3)nc2)cc1)NO. The van der Waals surface area contributed by atoms with Crippen LogP contribution in [-0.2, 0) is 4.79 Å². The lowest BCUT2D eigenvalue weighted by Crippen LogP contribution is -2.29. The molecule has 5 nitrogen and oxygen atoms in total. The van der Waals surface area contributed by atoms with Crippen LogP contribution in [0.2, 0.25) is 0 Å². The van der Waals surface area contributed by atoms with Crippen LogP contribution in [0.4, 0.5) is 5.82 Å². The number of amides is 1. The quantitative estimate of drug-likeness (QED) is 0.515. The molecule has 1 fully saturated rings. The molecular formula is C19H21N3O2. The molecule has 0 unspecified atom stereocenters. The molecule has 24 heavy (non-hydrogen) atoms. The zero-order valence-corrected chi connectivity index (χ0v) is 13.5. The van der Waals surface area contributed by atoms with Crippen molar-refractivity contribution in [2.75, 3.05) is 18.0 Å². The maximum absolute atomic E-state index is 11.0. The molecule has 0 bridgehead atoms. The molecule has 1 aromatic carbocycles. The fraction of sp³-hybridized carbons (Fsp3) is 0.263. The fourth-order valence-electron chi connectivity index (χ4n) is 2.86. The van der Waals surface area contributed by atoms with Gasteiger partial charge in [0.15, 0.2) is 0 Å². The molecule has 1 amide bonds. The van der Waals surface area contributed by atoms with E-state index in [0.29, 0.717) is 0 Å². The molecule has 1 aliphatic rings. The van der Waals surface area contributed by atoms with Gasteiger partial charge in [-0.15, -0.1) is 0 Å². The summed E-state index contributed by atoms with van der Waals surface area (Å²) in [6, 6.07) is 12.0. The van der Waals surface area contributed by atoms with E-state index in [9.17, 15) is 4.79 Å². The number of hydroxylamine groups is 1. The van der Waals surface area contributed by atoms with Gasteiger partial charge in [0.25, 0.3) is 5.91 Å². The highest BCUT2D eigenvalue weighted by molar-refractivity contribution is 5.90. The van der Waals surface area contributed by atoms with Crippen molar-refractivity contribution in [3.63, 3.8) is 0 Å². The number of rotatable bonds is 4. The Kier molecular flexibility index (Phi) is 5.23. The Morgan fingerprint density at radius 3 is 2.38 bits per heavy atom. The molecule has 1 aromatic heterocycles. The summed E-state index contributed by atoms with van der Waals surface area (Å²) in [5.41, 5.74) is 4.60. The molecule has 0 radical (unpaired) electrons. The molecule has 0 saturated carbocycles. The van der Waals surface area contributed by atoms with Gasteiger partial charge in [-0.2, -0.15) is 0 Å². The summed E-state index contributed by atoms with van der Waals surface area (Å²) in [4.78, 5) is 17.9. The van der Waals surface area contributed by atoms with Gasteiger partial charge in [-0.05, 0) is 48.6 Å². The highest BCUT2D eigenvalue weighted by Crippen LogP contribution is 2.23. The Morgan fingerprint density at radius 2 is 1.75 bits per heavy atom. The lowest BCUT2D eigenvalue weighted by molar-refractivity contribution is -0.124. The van der Waals surface area contributed by atoms with Gasteiger partial charge >= 0.3 is 0 Å². The molecule has 124 valence electrons. The van der Waals surface area contributed by atoms with Gasteiger partial charge in [0.1, 0.15) is 5.82 Å². The van der Waals surface area contributed by atoms with Crippen molar-refractivity contribution in [3.05, 3.63) is 54.2 Å². The molecular weight excluding hydrogens is 302 g/mol. The largest absolute Gasteiger partial charge is 0.357 e. The van der Waals surface area contributed by atoms with E-state index >= 15 is 0 Å². The number of piperidine rings is 1. The number of carbonyl (C=O) groups excluding carboxylic acids is 1. The van der Waals surface area contributed by atoms with E-state index < -0.39 is 5.91 Å². The summed E-state index contributed by atoms with van der Waals surface area (Å²) in [6.07, 6.45) is 8.64. The van der Waals surface area contributed by atoms with Crippen LogP contribution in [-0.4, -0.2) is 29.2 Å². The van der Waals surface area contributed by atoms with Gasteiger partial charge in [0.05, 0.1) is 0 Å². The number of pyridine rings is 1. The van der Waals surface area contributed by atoms with Crippen LogP contribution in [0.15, 0.2) is 48.7 Å². The highest BCUT2D eigenvalue weighted by atomic mass is 16.5. The minimum atomic E-state index is -0.545. The van der Waals surface area contributed by atoms with Crippen LogP contribution in [0, 0.1) is 0 Å². The van der Waals surface area contributed by atoms with Crippen molar-refractivity contribution in [2.24, 2.45) is 0 Å². The van der Waals surface area contributed by atoms with Gasteiger partial charge in [-0.3, -0.25) is 10.0 Å². The lowest BCUT2D eigenvalue weighted by atomic mass is 10.1. The Morgan fingerprint density at radius 1 is 1.04 bits per heavy atom. The van der Waals surface area contributed by atoms with Crippen molar-refractivity contribution in [2.45, 2.75) is 19.3 Å². The average molecular weight is 323 g/mol. The maximum Gasteiger partial charge on any atom is 0.267 e. The minimum Gasteiger partial charge on any atom is -0.357 e. The first-order chi connectivity index (χ1) is 11.8. The Bertz CT molecular complexity index is 702. The number of hydrogen-bond donors (Lipinski definition) is 2. The summed E-state index contributed by atoms with van der Waals surface area (Å²) in [7, 11) is 0. The fourth-order valence-corrected chi connectivity index (χ4v) is 2.86. The normalized spacial score (nSPS) is 14.8. The van der Waals surface area contributed by atoms with Gasteiger partial charge in [-0.25, -0.2) is 10.5 Å². The van der Waals surface area contributed by atoms with Crippen LogP contribution in [0.5, 0.6) is 0 Å². The van der Waals surface area contributed by atoms with Gasteiger partial charge < -0.3 is 4.90 Å². The first kappa shape index (κ1) is 16.2. The Hall–Kier alpha value is -2.66. The molecule has 2 aromatic rings. The summed E-state index contributed by atoms with van der Waals surface area (Å²) in [6.45, 7) is 2.18. The Balaban J connectivity index is 1.70. The third kappa shape index (κ3) is 4.00. The van der Waals surface area contributed by atoms with Crippen molar-refractivity contribution in [1.29, 1.82) is 0 Å². The van der Waals surface area contributed by atoms with Gasteiger partial charge in [-0.1, -0.05) is 24.3 Å². The number of carbonyl (C=O) groups is 1. The number of aromatic nitrogens is 1. The first-order valence-electron chi connectivity index (χ1n) is 8.20. The number of benzene rings is 1. The molecule has 1 aliphatic heterocycles. The zero-order valence-electron chi connectivity index (χ0n) is 13.5. The number of hydrogen-bond acceptors (Lipinski definition) is 4. The summed E-state index contributed by atoms with van der Waals surface area (Å²) < 4.78 is 0. The molecule has 0 atom stereocenters. The second-order valence-corrected chi connectivity index (χ2v) is 5.88. The highest BCUT2D eigenvalue weighted by Gasteiger charge is 2.11. The first-order valence-corrected chi connectivity index (χ1v) is 8.20. The predicted octanol–water partition coefficient (Wildman–Crippen LogP) is 3.26. The van der Waals surface area contributed by atoms with Crippen molar-refractivity contribution >= 4 is 17.8 Å². The van der Waals surface area contributed by atoms with Crippen LogP contribution < -0.4 is 10.4 Å². The van der Waals surface area contributed by atoms with Gasteiger partial charge in [0, 0.05) is 30.9 Å². The van der Waals surface area contributed by atoms with Gasteiger partial charge in [0.2, 0.25) is 0 Å². The number of nitrogens with zero attached hydrogens (tertiary/aromatic N) is 2. The van der Waals surface area contributed by atoms with E-state index in [1.54, 1.807) is 11.6 Å². The number of nitrogens with one attached hydrogen (secondary N) is 1. The maximum atomic E-state index is 11.0. The monoisotopic (exact) mass is 323 g/mol. The zero-order chi connectivity index (χ0) is 16.8. The second kappa shape index (κ2) is 7.75. The molecule has 3 rings (SSSR count). The van der Waals surface area contributed by atoms with E-state index in [1.807, 2.05) is 30.5 Å². The molecule has 2 heterocycles. The molecule has 0 spiro atoms. The molecule has 0 aliphatic carbocycles. The van der Waals surface area contributed by atoms with Crippen LogP contribution >= 0.6 is 0 Å². The van der Waals surface area contributed by atoms with E-state index in [1.165, 1.54) is 25.3 Å². The second-order valence-electron chi connectivity index (χ2n) is 5.88. The lowest BCUT2D eigenvalue weighted by Gasteiger charge is -2.27. The topological polar surface area (TPSA) is 65.5 Å². The van der Waals surface area contributed by atoms with Crippen LogP contribution in [0.1, 0.15) is 24.8 Å². The van der Waals surface area contributed by atoms with E-state index in [2.05, 4.69) is 22.0 Å². The molecule has 1 saturated heterocycles. The third-order valence-corrected chi connectivity index (χ3v) is 4.21. The van der Waals surface area contributed by atoms with E-state index in [4.69, 9.17) is 5.21 Å². The number of anilines is 1. The minimum absolute atomic E-state index is 0.545. The van der Waals surface area contributed by atoms with Crippen molar-refractivity contribution in [1.82, 2.24) is 10.5 Å². The summed E-state index contributed by atoms with van der Waals surface area (Å²) >= 11 is 0. The molecule has 5 heteroatoms. The molecule has 2 N–H and O–H groups in total. The summed E-state index contributed by atoms with van der Waals surface area (Å²) in [5, 5.41) is 8.46. The predicted molar refractivity (Wildman–Crippen MR) is 94.7 cm³/mol. The van der Waals surface area contributed by atoms with Crippen molar-refractivity contribution < 1.29 is 10.0 Å². The van der Waals surface area contributed by atoms with E-state index in [0.717, 1.165) is 35.6 Å². The third-order valence-electron chi connectivity index (χ3n) is 4.21. The summed E-state index contributed by atoms with van der Waals surface area (Å²) in [5.74, 6) is 0.504. The smallest absolute Gasteiger partial charge is 0.267 e. The average Bonchev–Trinajstić information content (AvgIpc) is 2.67. The Labute approximate surface area is 141 Å². The van der Waals surface area contributed by atoms with E-state index in [-0.39, 0.29) is 0 Å². The standard InChI is InChI=1S/C19H21N3O2/c23-19(21-24)11-6-15-4-7-16(8-5-15)17-9-10-18(20-14-17)22-12-2-1-3-13-22/h4-11,14,24H,1-3,12-13H2,(H,21,23)/b11-6+. The van der Waals surface area contributed by atoms with Crippen molar-refractivity contribution in [3.8, 4) is 11.1 Å².